The van der Waals surface area contributed by atoms with E-state index in [1.54, 1.807) is 49.6 Å². The van der Waals surface area contributed by atoms with E-state index < -0.39 is 11.8 Å². The van der Waals surface area contributed by atoms with Gasteiger partial charge in [-0.05, 0) is 35.9 Å². The maximum Gasteiger partial charge on any atom is 0.273 e. The predicted octanol–water partition coefficient (Wildman–Crippen LogP) is 2.37. The number of hydrogen-bond donors (Lipinski definition) is 2. The molecule has 0 radical (unpaired) electrons. The zero-order chi connectivity index (χ0) is 22.4. The Bertz CT molecular complexity index is 1070. The molecule has 1 aliphatic rings. The van der Waals surface area contributed by atoms with Crippen molar-refractivity contribution in [2.75, 3.05) is 20.8 Å². The molecule has 1 fully saturated rings. The van der Waals surface area contributed by atoms with E-state index in [4.69, 9.17) is 21.7 Å². The van der Waals surface area contributed by atoms with Crippen LogP contribution in [0.3, 0.4) is 0 Å². The summed E-state index contributed by atoms with van der Waals surface area (Å²) >= 11 is 6.34. The number of hydrazine groups is 1. The number of benzene rings is 2. The molecule has 2 aromatic rings. The molecule has 3 rings (SSSR count). The van der Waals surface area contributed by atoms with Gasteiger partial charge in [-0.25, -0.2) is 0 Å². The van der Waals surface area contributed by atoms with Gasteiger partial charge in [0.15, 0.2) is 0 Å². The molecular formula is C21H19N3O5S2. The van der Waals surface area contributed by atoms with Gasteiger partial charge in [0.05, 0.1) is 24.7 Å². The van der Waals surface area contributed by atoms with E-state index in [0.717, 1.165) is 17.3 Å². The number of carbonyl (C=O) groups excluding carboxylic acids is 3. The van der Waals surface area contributed by atoms with E-state index in [9.17, 15) is 14.4 Å². The van der Waals surface area contributed by atoms with E-state index in [0.29, 0.717) is 16.4 Å². The van der Waals surface area contributed by atoms with Crippen molar-refractivity contribution in [2.45, 2.75) is 0 Å². The van der Waals surface area contributed by atoms with E-state index >= 15 is 0 Å². The quantitative estimate of drug-likeness (QED) is 0.391. The predicted molar refractivity (Wildman–Crippen MR) is 121 cm³/mol. The van der Waals surface area contributed by atoms with E-state index in [1.165, 1.54) is 12.0 Å². The van der Waals surface area contributed by atoms with Crippen LogP contribution in [0, 0.1) is 0 Å². The molecule has 8 nitrogen and oxygen atoms in total. The van der Waals surface area contributed by atoms with E-state index in [-0.39, 0.29) is 22.3 Å². The zero-order valence-electron chi connectivity index (χ0n) is 16.7. The van der Waals surface area contributed by atoms with Crippen molar-refractivity contribution in [2.24, 2.45) is 0 Å². The summed E-state index contributed by atoms with van der Waals surface area (Å²) in [5.41, 5.74) is 5.63. The Morgan fingerprint density at radius 1 is 1.10 bits per heavy atom. The van der Waals surface area contributed by atoms with Gasteiger partial charge in [0, 0.05) is 0 Å². The fraction of sp³-hybridized carbons (Fsp3) is 0.143. The van der Waals surface area contributed by atoms with Crippen LogP contribution in [0.5, 0.6) is 11.5 Å². The van der Waals surface area contributed by atoms with Gasteiger partial charge in [-0.1, -0.05) is 48.2 Å². The van der Waals surface area contributed by atoms with Gasteiger partial charge in [-0.2, -0.15) is 0 Å². The molecule has 0 saturated carbocycles. The summed E-state index contributed by atoms with van der Waals surface area (Å²) in [5.74, 6) is -0.497. The minimum Gasteiger partial charge on any atom is -0.497 e. The first-order valence-electron chi connectivity index (χ1n) is 9.04. The second-order valence-electron chi connectivity index (χ2n) is 6.25. The zero-order valence-corrected chi connectivity index (χ0v) is 18.3. The number of thioether (sulfide) groups is 1. The summed E-state index contributed by atoms with van der Waals surface area (Å²) in [6, 6.07) is 13.8. The van der Waals surface area contributed by atoms with Crippen LogP contribution in [0.2, 0.25) is 0 Å². The number of carbonyl (C=O) groups is 3. The van der Waals surface area contributed by atoms with Crippen LogP contribution in [-0.2, 0) is 9.59 Å². The van der Waals surface area contributed by atoms with Gasteiger partial charge in [0.2, 0.25) is 0 Å². The van der Waals surface area contributed by atoms with Gasteiger partial charge in [0.25, 0.3) is 17.7 Å². The molecule has 0 atom stereocenters. The Hall–Kier alpha value is -3.37. The highest BCUT2D eigenvalue weighted by Gasteiger charge is 2.33. The lowest BCUT2D eigenvalue weighted by Gasteiger charge is -2.15. The SMILES string of the molecule is COc1cccc(/C=C2\SC(=S)N(CC(=O)NNC(=O)c3ccccc3OC)C2=O)c1. The van der Waals surface area contributed by atoms with E-state index in [2.05, 4.69) is 10.9 Å². The summed E-state index contributed by atoms with van der Waals surface area (Å²) in [4.78, 5) is 38.8. The summed E-state index contributed by atoms with van der Waals surface area (Å²) < 4.78 is 10.6. The Morgan fingerprint density at radius 2 is 1.87 bits per heavy atom. The van der Waals surface area contributed by atoms with Crippen molar-refractivity contribution in [1.29, 1.82) is 0 Å². The van der Waals surface area contributed by atoms with Crippen LogP contribution >= 0.6 is 24.0 Å². The van der Waals surface area contributed by atoms with Crippen LogP contribution < -0.4 is 20.3 Å². The third kappa shape index (κ3) is 5.41. The third-order valence-corrected chi connectivity index (χ3v) is 5.61. The first-order valence-corrected chi connectivity index (χ1v) is 10.3. The highest BCUT2D eigenvalue weighted by Crippen LogP contribution is 2.32. The lowest BCUT2D eigenvalue weighted by Crippen LogP contribution is -2.47. The molecule has 1 saturated heterocycles. The molecule has 10 heteroatoms. The molecule has 3 amide bonds. The molecule has 2 N–H and O–H groups in total. The second-order valence-corrected chi connectivity index (χ2v) is 7.92. The summed E-state index contributed by atoms with van der Waals surface area (Å²) in [6.45, 7) is -0.327. The summed E-state index contributed by atoms with van der Waals surface area (Å²) in [6.07, 6.45) is 1.68. The number of thiocarbonyl (C=S) groups is 1. The molecule has 160 valence electrons. The largest absolute Gasteiger partial charge is 0.497 e. The highest BCUT2D eigenvalue weighted by atomic mass is 32.2. The van der Waals surface area contributed by atoms with Gasteiger partial charge < -0.3 is 9.47 Å². The highest BCUT2D eigenvalue weighted by molar-refractivity contribution is 8.26. The number of rotatable bonds is 6. The number of methoxy groups -OCH3 is 2. The van der Waals surface area contributed by atoms with Crippen LogP contribution in [-0.4, -0.2) is 47.7 Å². The van der Waals surface area contributed by atoms with Crippen molar-refractivity contribution in [3.8, 4) is 11.5 Å². The number of ether oxygens (including phenoxy) is 2. The van der Waals surface area contributed by atoms with Crippen LogP contribution in [0.25, 0.3) is 6.08 Å². The molecule has 0 unspecified atom stereocenters. The number of para-hydroxylation sites is 1. The Balaban J connectivity index is 1.61. The molecule has 0 aliphatic carbocycles. The fourth-order valence-electron chi connectivity index (χ4n) is 2.73. The molecule has 2 aromatic carbocycles. The van der Waals surface area contributed by atoms with E-state index in [1.807, 2.05) is 12.1 Å². The Kier molecular flexibility index (Phi) is 7.27. The third-order valence-electron chi connectivity index (χ3n) is 4.23. The Labute approximate surface area is 188 Å². The lowest BCUT2D eigenvalue weighted by atomic mass is 10.2. The number of hydrogen-bond acceptors (Lipinski definition) is 7. The number of amides is 3. The first-order chi connectivity index (χ1) is 14.9. The normalized spacial score (nSPS) is 14.5. The Morgan fingerprint density at radius 3 is 2.61 bits per heavy atom. The maximum atomic E-state index is 12.7. The monoisotopic (exact) mass is 457 g/mol. The number of nitrogens with one attached hydrogen (secondary N) is 2. The molecule has 0 bridgehead atoms. The molecule has 0 aromatic heterocycles. The molecule has 0 spiro atoms. The van der Waals surface area contributed by atoms with Crippen molar-refractivity contribution >= 4 is 52.1 Å². The standard InChI is InChI=1S/C21H19N3O5S2/c1-28-14-7-5-6-13(10-14)11-17-20(27)24(21(30)31-17)12-18(25)22-23-19(26)15-8-3-4-9-16(15)29-2/h3-11H,12H2,1-2H3,(H,22,25)(H,23,26)/b17-11-. The minimum atomic E-state index is -0.595. The maximum absolute atomic E-state index is 12.7. The average molecular weight is 458 g/mol. The van der Waals surface area contributed by atoms with Gasteiger partial charge in [0.1, 0.15) is 22.4 Å². The summed E-state index contributed by atoms with van der Waals surface area (Å²) in [5, 5.41) is 0. The van der Waals surface area contributed by atoms with Crippen molar-refractivity contribution in [1.82, 2.24) is 15.8 Å². The second kappa shape index (κ2) is 10.1. The smallest absolute Gasteiger partial charge is 0.273 e. The molecule has 1 aliphatic heterocycles. The molecule has 1 heterocycles. The summed E-state index contributed by atoms with van der Waals surface area (Å²) in [7, 11) is 3.00. The van der Waals surface area contributed by atoms with Crippen LogP contribution in [0.1, 0.15) is 15.9 Å². The van der Waals surface area contributed by atoms with Crippen LogP contribution in [0.15, 0.2) is 53.4 Å². The van der Waals surface area contributed by atoms with Crippen molar-refractivity contribution in [3.05, 3.63) is 64.6 Å². The van der Waals surface area contributed by atoms with Gasteiger partial charge >= 0.3 is 0 Å². The van der Waals surface area contributed by atoms with Crippen molar-refractivity contribution in [3.63, 3.8) is 0 Å². The number of nitrogens with zero attached hydrogens (tertiary/aromatic N) is 1. The molecular weight excluding hydrogens is 438 g/mol. The molecule has 31 heavy (non-hydrogen) atoms. The average Bonchev–Trinajstić information content (AvgIpc) is 3.04. The minimum absolute atomic E-state index is 0.255. The van der Waals surface area contributed by atoms with Crippen LogP contribution in [0.4, 0.5) is 0 Å². The lowest BCUT2D eigenvalue weighted by molar-refractivity contribution is -0.129. The van der Waals surface area contributed by atoms with Crippen molar-refractivity contribution < 1.29 is 23.9 Å². The first kappa shape index (κ1) is 22.3. The van der Waals surface area contributed by atoms with Gasteiger partial charge in [-0.3, -0.25) is 30.1 Å². The van der Waals surface area contributed by atoms with Gasteiger partial charge in [-0.15, -0.1) is 0 Å². The fourth-order valence-corrected chi connectivity index (χ4v) is 3.98. The topological polar surface area (TPSA) is 97.0 Å².